The van der Waals surface area contributed by atoms with E-state index >= 15 is 0 Å². The maximum atomic E-state index is 12.5. The lowest BCUT2D eigenvalue weighted by Crippen LogP contribution is -2.38. The van der Waals surface area contributed by atoms with Crippen molar-refractivity contribution in [2.75, 3.05) is 19.8 Å². The molecular weight excluding hydrogens is 458 g/mol. The molecule has 0 saturated heterocycles. The zero-order valence-electron chi connectivity index (χ0n) is 19.1. The van der Waals surface area contributed by atoms with Crippen LogP contribution in [0.3, 0.4) is 0 Å². The van der Waals surface area contributed by atoms with E-state index in [4.69, 9.17) is 36.1 Å². The Bertz CT molecular complexity index is 1240. The highest BCUT2D eigenvalue weighted by molar-refractivity contribution is 6.33. The Kier molecular flexibility index (Phi) is 6.88. The number of allylic oxidation sites excluding steroid dienone is 1. The lowest BCUT2D eigenvalue weighted by Gasteiger charge is -2.23. The third-order valence-electron chi connectivity index (χ3n) is 4.91. The summed E-state index contributed by atoms with van der Waals surface area (Å²) in [6.07, 6.45) is 3.13. The van der Waals surface area contributed by atoms with E-state index < -0.39 is 5.91 Å². The van der Waals surface area contributed by atoms with Crippen LogP contribution in [0.2, 0.25) is 5.02 Å². The average Bonchev–Trinajstić information content (AvgIpc) is 3.16. The van der Waals surface area contributed by atoms with Crippen LogP contribution in [0, 0.1) is 12.3 Å². The van der Waals surface area contributed by atoms with Crippen LogP contribution < -0.4 is 14.2 Å². The lowest BCUT2D eigenvalue weighted by molar-refractivity contribution is -0.114. The number of amides is 1. The number of hydroxylamine groups is 2. The maximum Gasteiger partial charge on any atom is 0.282 e. The van der Waals surface area contributed by atoms with Crippen molar-refractivity contribution < 1.29 is 23.8 Å². The van der Waals surface area contributed by atoms with Crippen molar-refractivity contribution in [2.24, 2.45) is 4.99 Å². The Labute approximate surface area is 202 Å². The van der Waals surface area contributed by atoms with E-state index in [0.717, 1.165) is 11.3 Å². The number of amidine groups is 2. The molecule has 0 atom stereocenters. The van der Waals surface area contributed by atoms with Crippen LogP contribution in [-0.2, 0) is 9.63 Å². The number of ether oxygens (including phenoxy) is 3. The van der Waals surface area contributed by atoms with Gasteiger partial charge in [-0.25, -0.2) is 0 Å². The van der Waals surface area contributed by atoms with Crippen LogP contribution in [0.15, 0.2) is 58.8 Å². The smallest absolute Gasteiger partial charge is 0.282 e. The molecule has 0 spiro atoms. The Morgan fingerprint density at radius 3 is 2.71 bits per heavy atom. The van der Waals surface area contributed by atoms with Crippen molar-refractivity contribution in [1.82, 2.24) is 5.06 Å². The predicted molar refractivity (Wildman–Crippen MR) is 130 cm³/mol. The molecule has 0 radical (unpaired) electrons. The number of benzene rings is 2. The number of nitrogens with one attached hydrogen (secondary N) is 1. The molecule has 0 fully saturated rings. The highest BCUT2D eigenvalue weighted by atomic mass is 35.5. The zero-order valence-corrected chi connectivity index (χ0v) is 19.8. The number of carbonyl (C=O) groups excluding carboxylic acids is 1. The molecule has 0 aromatic heterocycles. The van der Waals surface area contributed by atoms with Gasteiger partial charge in [-0.1, -0.05) is 23.7 Å². The summed E-state index contributed by atoms with van der Waals surface area (Å²) in [5, 5.41) is 9.88. The van der Waals surface area contributed by atoms with E-state index in [2.05, 4.69) is 4.99 Å². The van der Waals surface area contributed by atoms with E-state index in [1.165, 1.54) is 11.1 Å². The Hall–Kier alpha value is -3.78. The quantitative estimate of drug-likeness (QED) is 0.423. The molecule has 34 heavy (non-hydrogen) atoms. The van der Waals surface area contributed by atoms with Crippen molar-refractivity contribution in [2.45, 2.75) is 20.8 Å². The van der Waals surface area contributed by atoms with Crippen LogP contribution in [0.5, 0.6) is 17.2 Å². The molecule has 0 saturated carbocycles. The molecule has 9 heteroatoms. The van der Waals surface area contributed by atoms with Gasteiger partial charge in [-0.2, -0.15) is 4.99 Å². The molecular formula is C25H24ClN3O5. The van der Waals surface area contributed by atoms with Crippen LogP contribution in [0.25, 0.3) is 6.08 Å². The van der Waals surface area contributed by atoms with Crippen molar-refractivity contribution >= 4 is 35.3 Å². The molecule has 2 aliphatic heterocycles. The molecule has 8 nitrogen and oxygen atoms in total. The van der Waals surface area contributed by atoms with Crippen LogP contribution in [0.4, 0.5) is 0 Å². The number of nitrogens with zero attached hydrogens (tertiary/aromatic N) is 2. The molecule has 2 aromatic rings. The summed E-state index contributed by atoms with van der Waals surface area (Å²) < 4.78 is 17.3. The van der Waals surface area contributed by atoms with Crippen molar-refractivity contribution in [3.05, 3.63) is 70.0 Å². The zero-order chi connectivity index (χ0) is 24.2. The van der Waals surface area contributed by atoms with E-state index in [1.54, 1.807) is 25.1 Å². The first kappa shape index (κ1) is 23.4. The summed E-state index contributed by atoms with van der Waals surface area (Å²) in [6.45, 7) is 6.54. The number of aliphatic imine (C=N–C) groups is 1. The van der Waals surface area contributed by atoms with Gasteiger partial charge in [0, 0.05) is 6.08 Å². The topological polar surface area (TPSA) is 93.4 Å². The average molecular weight is 482 g/mol. The Morgan fingerprint density at radius 2 is 1.94 bits per heavy atom. The van der Waals surface area contributed by atoms with Gasteiger partial charge in [0.2, 0.25) is 0 Å². The van der Waals surface area contributed by atoms with E-state index in [9.17, 15) is 4.79 Å². The second-order valence-electron chi connectivity index (χ2n) is 7.60. The van der Waals surface area contributed by atoms with Crippen LogP contribution in [-0.4, -0.2) is 42.5 Å². The number of hydrogen-bond acceptors (Lipinski definition) is 6. The monoisotopic (exact) mass is 481 g/mol. The molecule has 0 unspecified atom stereocenters. The van der Waals surface area contributed by atoms with Gasteiger partial charge in [-0.05, 0) is 62.2 Å². The molecule has 2 heterocycles. The van der Waals surface area contributed by atoms with Crippen LogP contribution in [0.1, 0.15) is 25.0 Å². The summed E-state index contributed by atoms with van der Waals surface area (Å²) in [7, 11) is 0. The second-order valence-corrected chi connectivity index (χ2v) is 8.01. The molecule has 0 bridgehead atoms. The molecule has 1 N–H and O–H groups in total. The molecule has 1 amide bonds. The third kappa shape index (κ3) is 5.07. The summed E-state index contributed by atoms with van der Waals surface area (Å²) >= 11 is 6.50. The van der Waals surface area contributed by atoms with Gasteiger partial charge in [0.25, 0.3) is 5.91 Å². The summed E-state index contributed by atoms with van der Waals surface area (Å²) in [5.74, 6) is 1.76. The highest BCUT2D eigenvalue weighted by Gasteiger charge is 2.34. The highest BCUT2D eigenvalue weighted by Crippen LogP contribution is 2.37. The first-order valence-corrected chi connectivity index (χ1v) is 11.1. The van der Waals surface area contributed by atoms with Gasteiger partial charge in [-0.3, -0.25) is 10.2 Å². The number of rotatable bonds is 8. The lowest BCUT2D eigenvalue weighted by atomic mass is 10.1. The SMILES string of the molecule is CCOc1cc(/C=C2/C(=N)N3OC(C)=CC3=NC2=O)cc(Cl)c1OCCOc1cccc(C)c1. The molecule has 176 valence electrons. The summed E-state index contributed by atoms with van der Waals surface area (Å²) in [5.41, 5.74) is 1.75. The minimum absolute atomic E-state index is 0.0746. The minimum atomic E-state index is -0.534. The van der Waals surface area contributed by atoms with E-state index in [1.807, 2.05) is 38.1 Å². The van der Waals surface area contributed by atoms with Crippen molar-refractivity contribution in [3.8, 4) is 17.2 Å². The number of halogens is 1. The predicted octanol–water partition coefficient (Wildman–Crippen LogP) is 4.96. The molecule has 2 aliphatic rings. The van der Waals surface area contributed by atoms with Gasteiger partial charge in [0.05, 0.1) is 17.2 Å². The first-order chi connectivity index (χ1) is 16.4. The Morgan fingerprint density at radius 1 is 1.15 bits per heavy atom. The molecule has 0 aliphatic carbocycles. The minimum Gasteiger partial charge on any atom is -0.490 e. The fourth-order valence-corrected chi connectivity index (χ4v) is 3.72. The molecule has 2 aromatic carbocycles. The maximum absolute atomic E-state index is 12.5. The number of fused-ring (bicyclic) bond motifs is 1. The standard InChI is InChI=1S/C25H24ClN3O5/c1-4-31-21-14-17(12-19-24(27)29-22(28-25(19)30)11-16(3)34-29)13-20(26)23(21)33-9-8-32-18-7-5-6-15(2)10-18/h5-7,10-14,27H,4,8-9H2,1-3H3/b19-12-,27-24?. The number of carbonyl (C=O) groups is 1. The summed E-state index contributed by atoms with van der Waals surface area (Å²) in [4.78, 5) is 22.0. The Balaban J connectivity index is 1.51. The first-order valence-electron chi connectivity index (χ1n) is 10.7. The molecule has 4 rings (SSSR count). The van der Waals surface area contributed by atoms with Gasteiger partial charge >= 0.3 is 0 Å². The number of aryl methyl sites for hydroxylation is 1. The fraction of sp³-hybridized carbons (Fsp3) is 0.240. The van der Waals surface area contributed by atoms with Crippen LogP contribution >= 0.6 is 11.6 Å². The number of hydrogen-bond donors (Lipinski definition) is 1. The van der Waals surface area contributed by atoms with Gasteiger partial charge in [0.1, 0.15) is 24.7 Å². The normalized spacial score (nSPS) is 16.1. The van der Waals surface area contributed by atoms with Crippen molar-refractivity contribution in [1.29, 1.82) is 5.41 Å². The van der Waals surface area contributed by atoms with Gasteiger partial charge < -0.3 is 19.0 Å². The van der Waals surface area contributed by atoms with E-state index in [0.29, 0.717) is 41.1 Å². The fourth-order valence-electron chi connectivity index (χ4n) is 3.45. The van der Waals surface area contributed by atoms with E-state index in [-0.39, 0.29) is 23.9 Å². The summed E-state index contributed by atoms with van der Waals surface area (Å²) in [6, 6.07) is 11.1. The largest absolute Gasteiger partial charge is 0.490 e. The third-order valence-corrected chi connectivity index (χ3v) is 5.19. The van der Waals surface area contributed by atoms with Gasteiger partial charge in [0.15, 0.2) is 23.2 Å². The van der Waals surface area contributed by atoms with Gasteiger partial charge in [-0.15, -0.1) is 5.06 Å². The van der Waals surface area contributed by atoms with Crippen molar-refractivity contribution in [3.63, 3.8) is 0 Å². The second kappa shape index (κ2) is 10.0.